The summed E-state index contributed by atoms with van der Waals surface area (Å²) in [6.45, 7) is 4.62. The van der Waals surface area contributed by atoms with Crippen molar-refractivity contribution >= 4 is 11.6 Å². The molecule has 0 aliphatic carbocycles. The first kappa shape index (κ1) is 20.2. The molecule has 7 heteroatoms. The van der Waals surface area contributed by atoms with Crippen molar-refractivity contribution < 1.29 is 22.7 Å². The van der Waals surface area contributed by atoms with Crippen molar-refractivity contribution in [3.8, 4) is 5.75 Å². The van der Waals surface area contributed by atoms with Crippen LogP contribution >= 0.6 is 0 Å². The van der Waals surface area contributed by atoms with Crippen LogP contribution in [0, 0.1) is 12.8 Å². The van der Waals surface area contributed by atoms with Gasteiger partial charge in [0.15, 0.2) is 0 Å². The fourth-order valence-corrected chi connectivity index (χ4v) is 3.41. The van der Waals surface area contributed by atoms with Gasteiger partial charge in [-0.05, 0) is 62.7 Å². The van der Waals surface area contributed by atoms with Crippen LogP contribution in [0.5, 0.6) is 5.75 Å². The molecule has 1 saturated heterocycles. The summed E-state index contributed by atoms with van der Waals surface area (Å²) in [5, 5.41) is 2.78. The first-order valence-corrected chi connectivity index (χ1v) is 9.23. The molecule has 0 aromatic heterocycles. The minimum Gasteiger partial charge on any atom is -0.406 e. The number of anilines is 1. The topological polar surface area (TPSA) is 41.6 Å². The number of carbonyl (C=O) groups is 1. The van der Waals surface area contributed by atoms with Gasteiger partial charge >= 0.3 is 6.36 Å². The molecule has 0 saturated carbocycles. The van der Waals surface area contributed by atoms with Crippen LogP contribution in [0.15, 0.2) is 48.5 Å². The maximum absolute atomic E-state index is 12.4. The van der Waals surface area contributed by atoms with Gasteiger partial charge in [0.1, 0.15) is 5.75 Å². The molecule has 1 aliphatic rings. The quantitative estimate of drug-likeness (QED) is 0.799. The summed E-state index contributed by atoms with van der Waals surface area (Å²) in [4.78, 5) is 14.8. The van der Waals surface area contributed by atoms with E-state index in [0.717, 1.165) is 32.5 Å². The Morgan fingerprint density at radius 3 is 2.43 bits per heavy atom. The van der Waals surface area contributed by atoms with E-state index in [2.05, 4.69) is 46.1 Å². The predicted octanol–water partition coefficient (Wildman–Crippen LogP) is 4.74. The first-order valence-electron chi connectivity index (χ1n) is 9.23. The Hall–Kier alpha value is -2.54. The van der Waals surface area contributed by atoms with E-state index in [1.54, 1.807) is 0 Å². The van der Waals surface area contributed by atoms with Crippen molar-refractivity contribution in [1.82, 2.24) is 4.90 Å². The molecule has 0 radical (unpaired) electrons. The summed E-state index contributed by atoms with van der Waals surface area (Å²) in [5.41, 5.74) is 2.96. The maximum Gasteiger partial charge on any atom is 0.573 e. The number of amides is 1. The summed E-state index contributed by atoms with van der Waals surface area (Å²) in [5.74, 6) is -0.505. The SMILES string of the molecule is Cc1cccc(CN2CCC(C(=O)Nc3ccc(OC(F)(F)F)cc3)CC2)c1. The lowest BCUT2D eigenvalue weighted by molar-refractivity contribution is -0.274. The van der Waals surface area contributed by atoms with Gasteiger partial charge in [0.05, 0.1) is 0 Å². The van der Waals surface area contributed by atoms with E-state index in [1.807, 2.05) is 0 Å². The highest BCUT2D eigenvalue weighted by molar-refractivity contribution is 5.92. The first-order chi connectivity index (χ1) is 13.3. The summed E-state index contributed by atoms with van der Waals surface area (Å²) in [7, 11) is 0. The third-order valence-electron chi connectivity index (χ3n) is 4.80. The van der Waals surface area contributed by atoms with E-state index in [4.69, 9.17) is 0 Å². The van der Waals surface area contributed by atoms with Crippen molar-refractivity contribution in [2.75, 3.05) is 18.4 Å². The standard InChI is InChI=1S/C21H23F3N2O2/c1-15-3-2-4-16(13-15)14-26-11-9-17(10-12-26)20(27)25-18-5-7-19(8-6-18)28-21(22,23)24/h2-8,13,17H,9-12,14H2,1H3,(H,25,27). The van der Waals surface area contributed by atoms with Gasteiger partial charge in [-0.25, -0.2) is 0 Å². The molecule has 1 amide bonds. The molecule has 150 valence electrons. The minimum atomic E-state index is -4.73. The molecule has 28 heavy (non-hydrogen) atoms. The van der Waals surface area contributed by atoms with Gasteiger partial charge in [-0.15, -0.1) is 13.2 Å². The number of carbonyl (C=O) groups excluding carboxylic acids is 1. The molecular weight excluding hydrogens is 369 g/mol. The van der Waals surface area contributed by atoms with Crippen molar-refractivity contribution in [3.05, 3.63) is 59.7 Å². The number of piperidine rings is 1. The average Bonchev–Trinajstić information content (AvgIpc) is 2.63. The number of hydrogen-bond donors (Lipinski definition) is 1. The molecule has 2 aromatic carbocycles. The van der Waals surface area contributed by atoms with E-state index in [1.165, 1.54) is 35.4 Å². The molecular formula is C21H23F3N2O2. The van der Waals surface area contributed by atoms with E-state index >= 15 is 0 Å². The monoisotopic (exact) mass is 392 g/mol. The van der Waals surface area contributed by atoms with Crippen LogP contribution in [0.25, 0.3) is 0 Å². The normalized spacial score (nSPS) is 16.0. The van der Waals surface area contributed by atoms with Gasteiger partial charge in [0.25, 0.3) is 0 Å². The highest BCUT2D eigenvalue weighted by Crippen LogP contribution is 2.25. The number of aryl methyl sites for hydroxylation is 1. The van der Waals surface area contributed by atoms with Gasteiger partial charge in [0, 0.05) is 18.2 Å². The lowest BCUT2D eigenvalue weighted by Crippen LogP contribution is -2.37. The van der Waals surface area contributed by atoms with Crippen LogP contribution in [0.2, 0.25) is 0 Å². The second-order valence-electron chi connectivity index (χ2n) is 7.10. The minimum absolute atomic E-state index is 0.0974. The Kier molecular flexibility index (Phi) is 6.24. The number of likely N-dealkylation sites (tertiary alicyclic amines) is 1. The smallest absolute Gasteiger partial charge is 0.406 e. The molecule has 1 aliphatic heterocycles. The molecule has 1 fully saturated rings. The molecule has 2 aromatic rings. The van der Waals surface area contributed by atoms with Crippen molar-refractivity contribution in [2.24, 2.45) is 5.92 Å². The molecule has 1 N–H and O–H groups in total. The number of halogens is 3. The Balaban J connectivity index is 1.47. The molecule has 0 unspecified atom stereocenters. The van der Waals surface area contributed by atoms with Crippen molar-refractivity contribution in [1.29, 1.82) is 0 Å². The Labute approximate surface area is 162 Å². The fraction of sp³-hybridized carbons (Fsp3) is 0.381. The largest absolute Gasteiger partial charge is 0.573 e. The zero-order chi connectivity index (χ0) is 20.1. The molecule has 4 nitrogen and oxygen atoms in total. The molecule has 0 bridgehead atoms. The lowest BCUT2D eigenvalue weighted by Gasteiger charge is -2.31. The number of nitrogens with zero attached hydrogens (tertiary/aromatic N) is 1. The van der Waals surface area contributed by atoms with Gasteiger partial charge in [-0.2, -0.15) is 0 Å². The Bertz CT molecular complexity index is 798. The zero-order valence-corrected chi connectivity index (χ0v) is 15.6. The predicted molar refractivity (Wildman–Crippen MR) is 101 cm³/mol. The van der Waals surface area contributed by atoms with Crippen LogP contribution in [-0.2, 0) is 11.3 Å². The second kappa shape index (κ2) is 8.65. The number of rotatable bonds is 5. The van der Waals surface area contributed by atoms with Crippen molar-refractivity contribution in [3.63, 3.8) is 0 Å². The Morgan fingerprint density at radius 1 is 1.14 bits per heavy atom. The van der Waals surface area contributed by atoms with E-state index in [0.29, 0.717) is 5.69 Å². The number of ether oxygens (including phenoxy) is 1. The van der Waals surface area contributed by atoms with E-state index in [-0.39, 0.29) is 17.6 Å². The second-order valence-corrected chi connectivity index (χ2v) is 7.10. The number of alkyl halides is 3. The molecule has 0 spiro atoms. The number of benzene rings is 2. The van der Waals surface area contributed by atoms with Crippen LogP contribution < -0.4 is 10.1 Å². The highest BCUT2D eigenvalue weighted by atomic mass is 19.4. The van der Waals surface area contributed by atoms with Crippen molar-refractivity contribution in [2.45, 2.75) is 32.7 Å². The lowest BCUT2D eigenvalue weighted by atomic mass is 9.95. The number of nitrogens with one attached hydrogen (secondary N) is 1. The van der Waals surface area contributed by atoms with Gasteiger partial charge in [-0.3, -0.25) is 9.69 Å². The van der Waals surface area contributed by atoms with Crippen LogP contribution in [0.3, 0.4) is 0 Å². The van der Waals surface area contributed by atoms with Crippen LogP contribution in [0.4, 0.5) is 18.9 Å². The molecule has 0 atom stereocenters. The van der Waals surface area contributed by atoms with Gasteiger partial charge in [-0.1, -0.05) is 29.8 Å². The highest BCUT2D eigenvalue weighted by Gasteiger charge is 2.31. The third kappa shape index (κ3) is 5.99. The van der Waals surface area contributed by atoms with Crippen LogP contribution in [-0.4, -0.2) is 30.3 Å². The maximum atomic E-state index is 12.4. The van der Waals surface area contributed by atoms with Gasteiger partial charge in [0.2, 0.25) is 5.91 Å². The zero-order valence-electron chi connectivity index (χ0n) is 15.6. The summed E-state index contributed by atoms with van der Waals surface area (Å²) in [6, 6.07) is 13.6. The third-order valence-corrected chi connectivity index (χ3v) is 4.80. The van der Waals surface area contributed by atoms with E-state index in [9.17, 15) is 18.0 Å². The summed E-state index contributed by atoms with van der Waals surface area (Å²) >= 11 is 0. The average molecular weight is 392 g/mol. The summed E-state index contributed by atoms with van der Waals surface area (Å²) < 4.78 is 40.4. The van der Waals surface area contributed by atoms with E-state index < -0.39 is 6.36 Å². The Morgan fingerprint density at radius 2 is 1.82 bits per heavy atom. The fourth-order valence-electron chi connectivity index (χ4n) is 3.41. The van der Waals surface area contributed by atoms with Gasteiger partial charge < -0.3 is 10.1 Å². The molecule has 3 rings (SSSR count). The molecule has 1 heterocycles. The van der Waals surface area contributed by atoms with Crippen LogP contribution in [0.1, 0.15) is 24.0 Å². The summed E-state index contributed by atoms with van der Waals surface area (Å²) in [6.07, 6.45) is -3.21. The number of hydrogen-bond acceptors (Lipinski definition) is 3.